The first-order valence-corrected chi connectivity index (χ1v) is 7.78. The molecule has 1 N–H and O–H groups in total. The third-order valence-corrected chi connectivity index (χ3v) is 3.94. The van der Waals surface area contributed by atoms with Gasteiger partial charge in [-0.3, -0.25) is 0 Å². The third-order valence-electron chi connectivity index (χ3n) is 3.94. The van der Waals surface area contributed by atoms with Crippen LogP contribution < -0.4 is 5.32 Å². The molecule has 1 atom stereocenters. The minimum absolute atomic E-state index is 0.300. The zero-order valence-electron chi connectivity index (χ0n) is 13.1. The van der Waals surface area contributed by atoms with Crippen LogP contribution in [0.3, 0.4) is 0 Å². The maximum Gasteiger partial charge on any atom is 0.374 e. The van der Waals surface area contributed by atoms with Crippen LogP contribution in [0.1, 0.15) is 42.3 Å². The average molecular weight is 294 g/mol. The maximum absolute atomic E-state index is 11.5. The molecule has 1 unspecified atom stereocenters. The number of nitrogens with zero attached hydrogens (tertiary/aromatic N) is 1. The van der Waals surface area contributed by atoms with Crippen molar-refractivity contribution in [2.24, 2.45) is 5.92 Å². The first-order chi connectivity index (χ1) is 10.2. The van der Waals surface area contributed by atoms with Gasteiger partial charge in [-0.1, -0.05) is 13.3 Å². The van der Waals surface area contributed by atoms with Crippen LogP contribution in [0.2, 0.25) is 0 Å². The average Bonchev–Trinajstić information content (AvgIpc) is 2.96. The smallest absolute Gasteiger partial charge is 0.374 e. The minimum Gasteiger partial charge on any atom is -0.463 e. The summed E-state index contributed by atoms with van der Waals surface area (Å²) in [5.74, 6) is 0.475. The van der Waals surface area contributed by atoms with E-state index in [1.807, 2.05) is 6.07 Å². The summed E-state index contributed by atoms with van der Waals surface area (Å²) in [6.45, 7) is 7.44. The zero-order chi connectivity index (χ0) is 15.1. The van der Waals surface area contributed by atoms with E-state index in [0.717, 1.165) is 18.7 Å². The Kier molecular flexibility index (Phi) is 6.26. The number of hydrogen-bond donors (Lipinski definition) is 1. The van der Waals surface area contributed by atoms with E-state index >= 15 is 0 Å². The van der Waals surface area contributed by atoms with Gasteiger partial charge in [-0.15, -0.1) is 0 Å². The second kappa shape index (κ2) is 8.20. The van der Waals surface area contributed by atoms with Gasteiger partial charge in [0, 0.05) is 18.7 Å². The minimum atomic E-state index is -0.418. The third kappa shape index (κ3) is 4.86. The Morgan fingerprint density at radius 1 is 1.43 bits per heavy atom. The molecule has 0 radical (unpaired) electrons. The highest BCUT2D eigenvalue weighted by Gasteiger charge is 2.16. The summed E-state index contributed by atoms with van der Waals surface area (Å²) in [7, 11) is 1.36. The van der Waals surface area contributed by atoms with E-state index in [1.54, 1.807) is 0 Å². The molecule has 2 heterocycles. The molecular weight excluding hydrogens is 268 g/mol. The lowest BCUT2D eigenvalue weighted by atomic mass is 10.1. The van der Waals surface area contributed by atoms with Crippen molar-refractivity contribution in [1.29, 1.82) is 0 Å². The largest absolute Gasteiger partial charge is 0.463 e. The zero-order valence-corrected chi connectivity index (χ0v) is 13.1. The number of nitrogens with one attached hydrogen (secondary N) is 1. The first-order valence-electron chi connectivity index (χ1n) is 7.78. The van der Waals surface area contributed by atoms with E-state index in [4.69, 9.17) is 9.15 Å². The monoisotopic (exact) mass is 294 g/mol. The van der Waals surface area contributed by atoms with Crippen LogP contribution in [-0.4, -0.2) is 44.2 Å². The number of ether oxygens (including phenoxy) is 1. The highest BCUT2D eigenvalue weighted by atomic mass is 16.5. The fourth-order valence-corrected chi connectivity index (χ4v) is 2.85. The number of carbonyl (C=O) groups is 1. The molecule has 1 aromatic rings. The Bertz CT molecular complexity index is 438. The maximum atomic E-state index is 11.5. The van der Waals surface area contributed by atoms with Crippen LogP contribution >= 0.6 is 0 Å². The van der Waals surface area contributed by atoms with Crippen molar-refractivity contribution in [3.8, 4) is 0 Å². The number of furan rings is 1. The van der Waals surface area contributed by atoms with Gasteiger partial charge in [-0.25, -0.2) is 4.79 Å². The van der Waals surface area contributed by atoms with Gasteiger partial charge in [0.15, 0.2) is 0 Å². The SMILES string of the molecule is COC(=O)c1occc1CNCC(C)CN1CCCCC1. The molecule has 5 nitrogen and oxygen atoms in total. The number of esters is 1. The van der Waals surface area contributed by atoms with Crippen molar-refractivity contribution in [3.63, 3.8) is 0 Å². The lowest BCUT2D eigenvalue weighted by Crippen LogP contribution is -2.36. The molecule has 0 saturated carbocycles. The number of piperidine rings is 1. The molecule has 21 heavy (non-hydrogen) atoms. The molecule has 0 bridgehead atoms. The van der Waals surface area contributed by atoms with Crippen molar-refractivity contribution in [2.75, 3.05) is 33.3 Å². The molecule has 0 spiro atoms. The van der Waals surface area contributed by atoms with Crippen LogP contribution in [-0.2, 0) is 11.3 Å². The molecule has 1 aliphatic rings. The number of hydrogen-bond acceptors (Lipinski definition) is 5. The summed E-state index contributed by atoms with van der Waals surface area (Å²) < 4.78 is 9.87. The van der Waals surface area contributed by atoms with Gasteiger partial charge < -0.3 is 19.4 Å². The number of rotatable bonds is 7. The highest BCUT2D eigenvalue weighted by molar-refractivity contribution is 5.87. The van der Waals surface area contributed by atoms with E-state index in [0.29, 0.717) is 18.2 Å². The van der Waals surface area contributed by atoms with Gasteiger partial charge in [0.25, 0.3) is 0 Å². The Labute approximate surface area is 126 Å². The Hall–Kier alpha value is -1.33. The predicted molar refractivity (Wildman–Crippen MR) is 81.2 cm³/mol. The van der Waals surface area contributed by atoms with E-state index < -0.39 is 5.97 Å². The summed E-state index contributed by atoms with van der Waals surface area (Å²) in [5, 5.41) is 3.40. The molecule has 2 rings (SSSR count). The molecule has 0 aliphatic carbocycles. The van der Waals surface area contributed by atoms with Crippen molar-refractivity contribution in [1.82, 2.24) is 10.2 Å². The summed E-state index contributed by atoms with van der Waals surface area (Å²) in [6, 6.07) is 1.81. The summed E-state index contributed by atoms with van der Waals surface area (Å²) in [4.78, 5) is 14.1. The lowest BCUT2D eigenvalue weighted by Gasteiger charge is -2.29. The highest BCUT2D eigenvalue weighted by Crippen LogP contribution is 2.13. The van der Waals surface area contributed by atoms with Crippen LogP contribution in [0.5, 0.6) is 0 Å². The first kappa shape index (κ1) is 16.0. The van der Waals surface area contributed by atoms with Crippen LogP contribution in [0.25, 0.3) is 0 Å². The molecule has 1 aliphatic heterocycles. The summed E-state index contributed by atoms with van der Waals surface area (Å²) >= 11 is 0. The Morgan fingerprint density at radius 2 is 2.19 bits per heavy atom. The quantitative estimate of drug-likeness (QED) is 0.782. The number of methoxy groups -OCH3 is 1. The fraction of sp³-hybridized carbons (Fsp3) is 0.688. The van der Waals surface area contributed by atoms with Crippen molar-refractivity contribution >= 4 is 5.97 Å². The van der Waals surface area contributed by atoms with Crippen LogP contribution in [0.15, 0.2) is 16.7 Å². The molecule has 118 valence electrons. The van der Waals surface area contributed by atoms with E-state index in [9.17, 15) is 4.79 Å². The van der Waals surface area contributed by atoms with Crippen molar-refractivity contribution < 1.29 is 13.9 Å². The fourth-order valence-electron chi connectivity index (χ4n) is 2.85. The second-order valence-corrected chi connectivity index (χ2v) is 5.86. The molecule has 5 heteroatoms. The van der Waals surface area contributed by atoms with Gasteiger partial charge in [0.1, 0.15) is 0 Å². The lowest BCUT2D eigenvalue weighted by molar-refractivity contribution is 0.0563. The molecule has 0 amide bonds. The van der Waals surface area contributed by atoms with Crippen LogP contribution in [0, 0.1) is 5.92 Å². The van der Waals surface area contributed by atoms with E-state index in [-0.39, 0.29) is 0 Å². The van der Waals surface area contributed by atoms with Gasteiger partial charge >= 0.3 is 5.97 Å². The van der Waals surface area contributed by atoms with Crippen molar-refractivity contribution in [3.05, 3.63) is 23.7 Å². The van der Waals surface area contributed by atoms with Crippen molar-refractivity contribution in [2.45, 2.75) is 32.7 Å². The Morgan fingerprint density at radius 3 is 2.90 bits per heavy atom. The summed E-state index contributed by atoms with van der Waals surface area (Å²) in [6.07, 6.45) is 5.57. The Balaban J connectivity index is 1.71. The van der Waals surface area contributed by atoms with Gasteiger partial charge in [-0.2, -0.15) is 0 Å². The summed E-state index contributed by atoms with van der Waals surface area (Å²) in [5.41, 5.74) is 0.854. The standard InChI is InChI=1S/C16H26N2O3/c1-13(12-18-7-4-3-5-8-18)10-17-11-14-6-9-21-15(14)16(19)20-2/h6,9,13,17H,3-5,7-8,10-12H2,1-2H3. The topological polar surface area (TPSA) is 54.7 Å². The molecule has 1 fully saturated rings. The molecule has 1 saturated heterocycles. The van der Waals surface area contributed by atoms with Crippen LogP contribution in [0.4, 0.5) is 0 Å². The van der Waals surface area contributed by atoms with Gasteiger partial charge in [0.2, 0.25) is 5.76 Å². The number of likely N-dealkylation sites (tertiary alicyclic amines) is 1. The molecule has 1 aromatic heterocycles. The van der Waals surface area contributed by atoms with Gasteiger partial charge in [-0.05, 0) is 44.5 Å². The molecule has 0 aromatic carbocycles. The second-order valence-electron chi connectivity index (χ2n) is 5.86. The molecular formula is C16H26N2O3. The normalized spacial score (nSPS) is 17.6. The predicted octanol–water partition coefficient (Wildman–Crippen LogP) is 2.28. The van der Waals surface area contributed by atoms with E-state index in [2.05, 4.69) is 17.1 Å². The van der Waals surface area contributed by atoms with E-state index in [1.165, 1.54) is 45.7 Å². The number of carbonyl (C=O) groups excluding carboxylic acids is 1. The van der Waals surface area contributed by atoms with Gasteiger partial charge in [0.05, 0.1) is 13.4 Å².